The van der Waals surface area contributed by atoms with Gasteiger partial charge in [-0.25, -0.2) is 0 Å². The number of likely N-dealkylation sites (N-methyl/N-ethyl adjacent to an activating group) is 1. The van der Waals surface area contributed by atoms with E-state index in [9.17, 15) is 4.79 Å². The van der Waals surface area contributed by atoms with Crippen molar-refractivity contribution in [1.29, 1.82) is 0 Å². The molecule has 0 aliphatic heterocycles. The Morgan fingerprint density at radius 2 is 1.73 bits per heavy atom. The highest BCUT2D eigenvalue weighted by molar-refractivity contribution is 9.10. The van der Waals surface area contributed by atoms with E-state index in [1.807, 2.05) is 56.6 Å². The van der Waals surface area contributed by atoms with Crippen molar-refractivity contribution in [3.63, 3.8) is 0 Å². The molecule has 0 unspecified atom stereocenters. The first-order chi connectivity index (χ1) is 10.6. The van der Waals surface area contributed by atoms with E-state index in [0.29, 0.717) is 13.0 Å². The van der Waals surface area contributed by atoms with Crippen molar-refractivity contribution in [2.24, 2.45) is 0 Å². The van der Waals surface area contributed by atoms with Crippen LogP contribution in [0.4, 0.5) is 0 Å². The van der Waals surface area contributed by atoms with Gasteiger partial charge in [0.1, 0.15) is 0 Å². The molecule has 4 heteroatoms. The van der Waals surface area contributed by atoms with Gasteiger partial charge in [-0.1, -0.05) is 58.4 Å². The van der Waals surface area contributed by atoms with Gasteiger partial charge in [0.2, 0.25) is 5.91 Å². The molecule has 0 saturated carbocycles. The largest absolute Gasteiger partial charge is 0.354 e. The minimum atomic E-state index is 0.0464. The van der Waals surface area contributed by atoms with E-state index in [1.54, 1.807) is 0 Å². The van der Waals surface area contributed by atoms with Gasteiger partial charge in [-0.3, -0.25) is 4.79 Å². The summed E-state index contributed by atoms with van der Waals surface area (Å²) in [6.07, 6.45) is 0.405. The number of halogens is 1. The fourth-order valence-corrected chi connectivity index (χ4v) is 2.60. The van der Waals surface area contributed by atoms with Gasteiger partial charge < -0.3 is 10.2 Å². The highest BCUT2D eigenvalue weighted by atomic mass is 79.9. The normalized spacial score (nSPS) is 12.2. The van der Waals surface area contributed by atoms with E-state index < -0.39 is 0 Å². The van der Waals surface area contributed by atoms with Crippen LogP contribution < -0.4 is 5.32 Å². The number of benzene rings is 2. The van der Waals surface area contributed by atoms with Crippen molar-refractivity contribution >= 4 is 21.8 Å². The van der Waals surface area contributed by atoms with Gasteiger partial charge in [0, 0.05) is 11.0 Å². The summed E-state index contributed by atoms with van der Waals surface area (Å²) in [6.45, 7) is 0.604. The van der Waals surface area contributed by atoms with E-state index in [0.717, 1.165) is 10.0 Å². The van der Waals surface area contributed by atoms with E-state index in [-0.39, 0.29) is 11.9 Å². The van der Waals surface area contributed by atoms with Gasteiger partial charge in [0.15, 0.2) is 0 Å². The number of carbonyl (C=O) groups is 1. The number of nitrogens with one attached hydrogen (secondary N) is 1. The lowest BCUT2D eigenvalue weighted by molar-refractivity contribution is -0.120. The van der Waals surface area contributed by atoms with Crippen LogP contribution in [-0.2, 0) is 11.2 Å². The Bertz CT molecular complexity index is 596. The van der Waals surface area contributed by atoms with E-state index in [2.05, 4.69) is 38.3 Å². The van der Waals surface area contributed by atoms with Crippen molar-refractivity contribution < 1.29 is 4.79 Å². The molecule has 2 aromatic rings. The Morgan fingerprint density at radius 1 is 1.09 bits per heavy atom. The molecule has 0 bridgehead atoms. The molecular formula is C18H21BrN2O. The maximum Gasteiger partial charge on any atom is 0.224 e. The smallest absolute Gasteiger partial charge is 0.224 e. The summed E-state index contributed by atoms with van der Waals surface area (Å²) in [5.41, 5.74) is 2.22. The third kappa shape index (κ3) is 4.97. The van der Waals surface area contributed by atoms with Crippen LogP contribution in [0, 0.1) is 0 Å². The molecule has 2 rings (SSSR count). The van der Waals surface area contributed by atoms with Gasteiger partial charge >= 0.3 is 0 Å². The van der Waals surface area contributed by atoms with Crippen LogP contribution in [0.25, 0.3) is 0 Å². The number of amides is 1. The molecule has 0 aliphatic rings. The number of rotatable bonds is 6. The predicted molar refractivity (Wildman–Crippen MR) is 93.7 cm³/mol. The molecule has 1 atom stereocenters. The molecule has 0 radical (unpaired) electrons. The summed E-state index contributed by atoms with van der Waals surface area (Å²) in [7, 11) is 4.05. The second-order valence-electron chi connectivity index (χ2n) is 5.50. The van der Waals surface area contributed by atoms with Crippen molar-refractivity contribution in [2.75, 3.05) is 20.6 Å². The highest BCUT2D eigenvalue weighted by Gasteiger charge is 2.14. The van der Waals surface area contributed by atoms with Gasteiger partial charge in [0.25, 0.3) is 0 Å². The zero-order valence-corrected chi connectivity index (χ0v) is 14.5. The molecule has 2 aromatic carbocycles. The van der Waals surface area contributed by atoms with Crippen LogP contribution in [0.15, 0.2) is 59.1 Å². The van der Waals surface area contributed by atoms with E-state index >= 15 is 0 Å². The van der Waals surface area contributed by atoms with Crippen LogP contribution in [0.1, 0.15) is 17.2 Å². The number of carbonyl (C=O) groups excluding carboxylic acids is 1. The monoisotopic (exact) mass is 360 g/mol. The summed E-state index contributed by atoms with van der Waals surface area (Å²) in [6, 6.07) is 18.2. The molecule has 116 valence electrons. The number of hydrogen-bond donors (Lipinski definition) is 1. The summed E-state index contributed by atoms with van der Waals surface area (Å²) in [5, 5.41) is 3.03. The highest BCUT2D eigenvalue weighted by Crippen LogP contribution is 2.17. The minimum absolute atomic E-state index is 0.0464. The molecule has 0 spiro atoms. The van der Waals surface area contributed by atoms with Crippen molar-refractivity contribution in [3.05, 3.63) is 70.2 Å². The van der Waals surface area contributed by atoms with Crippen molar-refractivity contribution in [3.8, 4) is 0 Å². The van der Waals surface area contributed by atoms with Crippen LogP contribution in [0.2, 0.25) is 0 Å². The Labute approximate surface area is 140 Å². The Morgan fingerprint density at radius 3 is 2.32 bits per heavy atom. The molecule has 0 fully saturated rings. The zero-order valence-electron chi connectivity index (χ0n) is 12.9. The fourth-order valence-electron chi connectivity index (χ4n) is 2.33. The molecule has 0 saturated heterocycles. The molecular weight excluding hydrogens is 340 g/mol. The average Bonchev–Trinajstić information content (AvgIpc) is 2.50. The van der Waals surface area contributed by atoms with Gasteiger partial charge in [0.05, 0.1) is 12.5 Å². The first kappa shape index (κ1) is 16.7. The number of hydrogen-bond acceptors (Lipinski definition) is 2. The lowest BCUT2D eigenvalue weighted by atomic mass is 10.1. The van der Waals surface area contributed by atoms with Crippen molar-refractivity contribution in [2.45, 2.75) is 12.5 Å². The van der Waals surface area contributed by atoms with Gasteiger partial charge in [-0.05, 0) is 37.4 Å². The summed E-state index contributed by atoms with van der Waals surface area (Å²) < 4.78 is 1.02. The molecule has 22 heavy (non-hydrogen) atoms. The number of nitrogens with zero attached hydrogens (tertiary/aromatic N) is 1. The zero-order chi connectivity index (χ0) is 15.9. The third-order valence-corrected chi connectivity index (χ3v) is 4.11. The Balaban J connectivity index is 1.92. The molecule has 0 aliphatic carbocycles. The lowest BCUT2D eigenvalue weighted by Crippen LogP contribution is -2.35. The summed E-state index contributed by atoms with van der Waals surface area (Å²) >= 11 is 3.40. The Kier molecular flexibility index (Phi) is 6.16. The summed E-state index contributed by atoms with van der Waals surface area (Å²) in [5.74, 6) is 0.0464. The maximum absolute atomic E-state index is 12.1. The van der Waals surface area contributed by atoms with Crippen LogP contribution >= 0.6 is 15.9 Å². The van der Waals surface area contributed by atoms with Crippen LogP contribution in [0.3, 0.4) is 0 Å². The van der Waals surface area contributed by atoms with Crippen LogP contribution in [0.5, 0.6) is 0 Å². The van der Waals surface area contributed by atoms with Gasteiger partial charge in [-0.15, -0.1) is 0 Å². The quantitative estimate of drug-likeness (QED) is 0.855. The SMILES string of the molecule is CN(C)[C@H](CNC(=O)Cc1ccc(Br)cc1)c1ccccc1. The fraction of sp³-hybridized carbons (Fsp3) is 0.278. The second kappa shape index (κ2) is 8.11. The average molecular weight is 361 g/mol. The van der Waals surface area contributed by atoms with E-state index in [4.69, 9.17) is 0 Å². The molecule has 1 amide bonds. The Hall–Kier alpha value is -1.65. The summed E-state index contributed by atoms with van der Waals surface area (Å²) in [4.78, 5) is 14.2. The topological polar surface area (TPSA) is 32.3 Å². The molecule has 3 nitrogen and oxygen atoms in total. The van der Waals surface area contributed by atoms with Crippen LogP contribution in [-0.4, -0.2) is 31.4 Å². The first-order valence-electron chi connectivity index (χ1n) is 7.29. The van der Waals surface area contributed by atoms with Crippen molar-refractivity contribution in [1.82, 2.24) is 10.2 Å². The maximum atomic E-state index is 12.1. The van der Waals surface area contributed by atoms with E-state index in [1.165, 1.54) is 5.56 Å². The van der Waals surface area contributed by atoms with Gasteiger partial charge in [-0.2, -0.15) is 0 Å². The molecule has 0 heterocycles. The molecule has 1 N–H and O–H groups in total. The standard InChI is InChI=1S/C18H21BrN2O/c1-21(2)17(15-6-4-3-5-7-15)13-20-18(22)12-14-8-10-16(19)11-9-14/h3-11,17H,12-13H2,1-2H3,(H,20,22)/t17-/m1/s1. The minimum Gasteiger partial charge on any atom is -0.354 e. The first-order valence-corrected chi connectivity index (χ1v) is 8.08. The lowest BCUT2D eigenvalue weighted by Gasteiger charge is -2.25. The molecule has 0 aromatic heterocycles. The second-order valence-corrected chi connectivity index (χ2v) is 6.41. The predicted octanol–water partition coefficient (Wildman–Crippen LogP) is 3.41. The third-order valence-electron chi connectivity index (χ3n) is 3.58.